The van der Waals surface area contributed by atoms with Crippen molar-refractivity contribution in [1.29, 1.82) is 0 Å². The van der Waals surface area contributed by atoms with Gasteiger partial charge >= 0.3 is 0 Å². The fourth-order valence-corrected chi connectivity index (χ4v) is 1.38. The van der Waals surface area contributed by atoms with Gasteiger partial charge < -0.3 is 10.5 Å². The van der Waals surface area contributed by atoms with Gasteiger partial charge in [-0.1, -0.05) is 6.07 Å². The predicted molar refractivity (Wildman–Crippen MR) is 70.9 cm³/mol. The van der Waals surface area contributed by atoms with E-state index >= 15 is 0 Å². The molecule has 0 bridgehead atoms. The van der Waals surface area contributed by atoms with Gasteiger partial charge in [-0.3, -0.25) is 9.59 Å². The highest BCUT2D eigenvalue weighted by Crippen LogP contribution is 2.17. The Balaban J connectivity index is 3.04. The molecule has 0 aliphatic heterocycles. The summed E-state index contributed by atoms with van der Waals surface area (Å²) in [5.41, 5.74) is 8.09. The van der Waals surface area contributed by atoms with Gasteiger partial charge in [0.05, 0.1) is 0 Å². The van der Waals surface area contributed by atoms with E-state index in [4.69, 9.17) is 10.5 Å². The van der Waals surface area contributed by atoms with Crippen LogP contribution < -0.4 is 5.73 Å². The lowest BCUT2D eigenvalue weighted by Gasteiger charge is -2.07. The van der Waals surface area contributed by atoms with Crippen molar-refractivity contribution in [2.24, 2.45) is 0 Å². The molecule has 18 heavy (non-hydrogen) atoms. The van der Waals surface area contributed by atoms with Crippen LogP contribution in [0.4, 0.5) is 5.69 Å². The number of hydrogen-bond donors (Lipinski definition) is 1. The summed E-state index contributed by atoms with van der Waals surface area (Å²) in [4.78, 5) is 22.3. The average Bonchev–Trinajstić information content (AvgIpc) is 2.28. The molecule has 0 saturated heterocycles. The maximum absolute atomic E-state index is 11.4. The van der Waals surface area contributed by atoms with Gasteiger partial charge in [0.2, 0.25) is 0 Å². The summed E-state index contributed by atoms with van der Waals surface area (Å²) in [5.74, 6) is -0.191. The SMILES string of the molecule is CC(=O)CO/C(=C/c1cc(N)ccc1C)C(C)=O. The van der Waals surface area contributed by atoms with Crippen LogP contribution in [0.15, 0.2) is 24.0 Å². The van der Waals surface area contributed by atoms with Gasteiger partial charge in [0, 0.05) is 12.6 Å². The van der Waals surface area contributed by atoms with E-state index in [2.05, 4.69) is 0 Å². The highest BCUT2D eigenvalue weighted by molar-refractivity contribution is 5.96. The van der Waals surface area contributed by atoms with Gasteiger partial charge in [0.25, 0.3) is 0 Å². The van der Waals surface area contributed by atoms with Gasteiger partial charge in [0.1, 0.15) is 6.61 Å². The van der Waals surface area contributed by atoms with Crippen LogP contribution in [-0.4, -0.2) is 18.2 Å². The summed E-state index contributed by atoms with van der Waals surface area (Å²) < 4.78 is 5.18. The van der Waals surface area contributed by atoms with Crippen molar-refractivity contribution in [2.75, 3.05) is 12.3 Å². The lowest BCUT2D eigenvalue weighted by molar-refractivity contribution is -0.122. The minimum absolute atomic E-state index is 0.104. The molecule has 4 heteroatoms. The fourth-order valence-electron chi connectivity index (χ4n) is 1.38. The van der Waals surface area contributed by atoms with Gasteiger partial charge in [-0.05, 0) is 43.2 Å². The Labute approximate surface area is 106 Å². The van der Waals surface area contributed by atoms with Gasteiger partial charge in [0.15, 0.2) is 17.3 Å². The Kier molecular flexibility index (Phi) is 4.66. The molecular weight excluding hydrogens is 230 g/mol. The highest BCUT2D eigenvalue weighted by atomic mass is 16.5. The first-order valence-electron chi connectivity index (χ1n) is 5.61. The number of allylic oxidation sites excluding steroid dienone is 1. The van der Waals surface area contributed by atoms with Crippen LogP contribution in [-0.2, 0) is 14.3 Å². The van der Waals surface area contributed by atoms with Crippen molar-refractivity contribution in [3.05, 3.63) is 35.1 Å². The molecule has 0 aliphatic carbocycles. The van der Waals surface area contributed by atoms with Crippen molar-refractivity contribution in [3.8, 4) is 0 Å². The zero-order valence-corrected chi connectivity index (χ0v) is 10.8. The number of hydrogen-bond acceptors (Lipinski definition) is 4. The molecule has 0 spiro atoms. The Hall–Kier alpha value is -2.10. The first-order valence-corrected chi connectivity index (χ1v) is 5.61. The maximum Gasteiger partial charge on any atom is 0.194 e. The number of ketones is 2. The fraction of sp³-hybridized carbons (Fsp3) is 0.286. The second-order valence-electron chi connectivity index (χ2n) is 4.17. The van der Waals surface area contributed by atoms with Crippen LogP contribution in [0.25, 0.3) is 6.08 Å². The Morgan fingerprint density at radius 2 is 2.00 bits per heavy atom. The molecule has 1 aromatic carbocycles. The normalized spacial score (nSPS) is 11.2. The number of carbonyl (C=O) groups is 2. The van der Waals surface area contributed by atoms with E-state index in [1.807, 2.05) is 13.0 Å². The predicted octanol–water partition coefficient (Wildman–Crippen LogP) is 2.11. The molecular formula is C14H17NO3. The average molecular weight is 247 g/mol. The lowest BCUT2D eigenvalue weighted by atomic mass is 10.1. The molecule has 0 aliphatic rings. The molecule has 0 saturated carbocycles. The molecule has 2 N–H and O–H groups in total. The molecule has 0 atom stereocenters. The number of nitrogens with two attached hydrogens (primary N) is 1. The largest absolute Gasteiger partial charge is 0.482 e. The topological polar surface area (TPSA) is 69.4 Å². The number of rotatable bonds is 5. The molecule has 0 heterocycles. The zero-order chi connectivity index (χ0) is 13.7. The molecule has 0 unspecified atom stereocenters. The monoisotopic (exact) mass is 247 g/mol. The molecule has 4 nitrogen and oxygen atoms in total. The van der Waals surface area contributed by atoms with E-state index in [0.717, 1.165) is 11.1 Å². The molecule has 0 fully saturated rings. The van der Waals surface area contributed by atoms with E-state index in [0.29, 0.717) is 5.69 Å². The van der Waals surface area contributed by atoms with Crippen LogP contribution in [0.1, 0.15) is 25.0 Å². The lowest BCUT2D eigenvalue weighted by Crippen LogP contribution is -2.08. The van der Waals surface area contributed by atoms with Crippen molar-refractivity contribution in [1.82, 2.24) is 0 Å². The number of benzene rings is 1. The van der Waals surface area contributed by atoms with Crippen molar-refractivity contribution < 1.29 is 14.3 Å². The summed E-state index contributed by atoms with van der Waals surface area (Å²) in [6.45, 7) is 4.61. The summed E-state index contributed by atoms with van der Waals surface area (Å²) in [6.07, 6.45) is 1.61. The van der Waals surface area contributed by atoms with Crippen LogP contribution >= 0.6 is 0 Å². The summed E-state index contributed by atoms with van der Waals surface area (Å²) >= 11 is 0. The third kappa shape index (κ3) is 4.05. The van der Waals surface area contributed by atoms with Crippen LogP contribution in [0, 0.1) is 6.92 Å². The molecule has 1 rings (SSSR count). The van der Waals surface area contributed by atoms with Crippen molar-refractivity contribution in [2.45, 2.75) is 20.8 Å². The molecule has 0 aromatic heterocycles. The summed E-state index contributed by atoms with van der Waals surface area (Å²) in [6, 6.07) is 5.41. The molecule has 1 aromatic rings. The standard InChI is InChI=1S/C14H17NO3/c1-9-4-5-13(15)6-12(9)7-14(11(3)17)18-8-10(2)16/h4-7H,8,15H2,1-3H3/b14-7+. The van der Waals surface area contributed by atoms with E-state index in [1.165, 1.54) is 13.8 Å². The Morgan fingerprint density at radius 1 is 1.33 bits per heavy atom. The Morgan fingerprint density at radius 3 is 2.56 bits per heavy atom. The first-order chi connectivity index (χ1) is 8.40. The highest BCUT2D eigenvalue weighted by Gasteiger charge is 2.08. The van der Waals surface area contributed by atoms with Crippen LogP contribution in [0.3, 0.4) is 0 Å². The molecule has 96 valence electrons. The molecule has 0 radical (unpaired) electrons. The number of carbonyl (C=O) groups excluding carboxylic acids is 2. The number of nitrogen functional groups attached to an aromatic ring is 1. The van der Waals surface area contributed by atoms with E-state index < -0.39 is 0 Å². The first kappa shape index (κ1) is 14.0. The van der Waals surface area contributed by atoms with Crippen LogP contribution in [0.5, 0.6) is 0 Å². The number of Topliss-reactive ketones (excluding diaryl/α,β-unsaturated/α-hetero) is 2. The third-order valence-corrected chi connectivity index (χ3v) is 2.37. The van der Waals surface area contributed by atoms with Gasteiger partial charge in [-0.15, -0.1) is 0 Å². The van der Waals surface area contributed by atoms with E-state index in [9.17, 15) is 9.59 Å². The Bertz CT molecular complexity index is 504. The summed E-state index contributed by atoms with van der Waals surface area (Å²) in [5, 5.41) is 0. The van der Waals surface area contributed by atoms with Crippen molar-refractivity contribution >= 4 is 23.3 Å². The second kappa shape index (κ2) is 6.00. The van der Waals surface area contributed by atoms with E-state index in [-0.39, 0.29) is 23.9 Å². The minimum Gasteiger partial charge on any atom is -0.482 e. The van der Waals surface area contributed by atoms with Gasteiger partial charge in [-0.25, -0.2) is 0 Å². The maximum atomic E-state index is 11.4. The second-order valence-corrected chi connectivity index (χ2v) is 4.17. The van der Waals surface area contributed by atoms with Gasteiger partial charge in [-0.2, -0.15) is 0 Å². The number of aryl methyl sites for hydroxylation is 1. The van der Waals surface area contributed by atoms with Crippen LogP contribution in [0.2, 0.25) is 0 Å². The number of anilines is 1. The summed E-state index contributed by atoms with van der Waals surface area (Å²) in [7, 11) is 0. The number of ether oxygens (including phenoxy) is 1. The van der Waals surface area contributed by atoms with E-state index in [1.54, 1.807) is 18.2 Å². The quantitative estimate of drug-likeness (QED) is 0.491. The minimum atomic E-state index is -0.224. The van der Waals surface area contributed by atoms with Crippen molar-refractivity contribution in [3.63, 3.8) is 0 Å². The smallest absolute Gasteiger partial charge is 0.194 e. The third-order valence-electron chi connectivity index (χ3n) is 2.37. The molecule has 0 amide bonds. The zero-order valence-electron chi connectivity index (χ0n) is 10.8.